The number of aromatic nitrogens is 2. The van der Waals surface area contributed by atoms with E-state index in [1.807, 2.05) is 0 Å². The van der Waals surface area contributed by atoms with E-state index in [1.165, 1.54) is 0 Å². The number of rotatable bonds is 7. The standard InChI is InChI=1S/C10H17F3N4S/c1-3-17(4-2)7-5-6-14-9-16-15-8(18-9)10(11,12)13/h3-7H2,1-2H3,(H,14,16). The quantitative estimate of drug-likeness (QED) is 0.781. The third-order valence-corrected chi connectivity index (χ3v) is 3.42. The van der Waals surface area contributed by atoms with Crippen LogP contribution in [-0.2, 0) is 6.18 Å². The van der Waals surface area contributed by atoms with Gasteiger partial charge in [-0.25, -0.2) is 0 Å². The highest BCUT2D eigenvalue weighted by atomic mass is 32.1. The fraction of sp³-hybridized carbons (Fsp3) is 0.800. The van der Waals surface area contributed by atoms with E-state index >= 15 is 0 Å². The van der Waals surface area contributed by atoms with Crippen molar-refractivity contribution >= 4 is 16.5 Å². The number of nitrogens with one attached hydrogen (secondary N) is 1. The molecule has 8 heteroatoms. The van der Waals surface area contributed by atoms with Crippen LogP contribution in [0.3, 0.4) is 0 Å². The Morgan fingerprint density at radius 1 is 1.22 bits per heavy atom. The van der Waals surface area contributed by atoms with E-state index in [1.54, 1.807) is 0 Å². The lowest BCUT2D eigenvalue weighted by Gasteiger charge is -2.17. The van der Waals surface area contributed by atoms with Gasteiger partial charge in [-0.2, -0.15) is 13.2 Å². The zero-order chi connectivity index (χ0) is 13.6. The van der Waals surface area contributed by atoms with Gasteiger partial charge in [0.1, 0.15) is 0 Å². The maximum atomic E-state index is 12.3. The van der Waals surface area contributed by atoms with Gasteiger partial charge < -0.3 is 10.2 Å². The van der Waals surface area contributed by atoms with Crippen LogP contribution in [0, 0.1) is 0 Å². The molecule has 0 atom stereocenters. The highest BCUT2D eigenvalue weighted by Crippen LogP contribution is 2.32. The molecule has 1 N–H and O–H groups in total. The second kappa shape index (κ2) is 6.89. The van der Waals surface area contributed by atoms with Crippen molar-refractivity contribution in [3.8, 4) is 0 Å². The Balaban J connectivity index is 2.30. The lowest BCUT2D eigenvalue weighted by molar-refractivity contribution is -0.138. The van der Waals surface area contributed by atoms with Gasteiger partial charge in [-0.1, -0.05) is 25.2 Å². The van der Waals surface area contributed by atoms with Gasteiger partial charge >= 0.3 is 6.18 Å². The molecule has 0 aliphatic carbocycles. The smallest absolute Gasteiger partial charge is 0.360 e. The molecule has 104 valence electrons. The molecule has 0 unspecified atom stereocenters. The molecule has 1 aromatic rings. The van der Waals surface area contributed by atoms with E-state index in [2.05, 4.69) is 34.3 Å². The van der Waals surface area contributed by atoms with E-state index in [9.17, 15) is 13.2 Å². The third-order valence-electron chi connectivity index (χ3n) is 2.49. The third kappa shape index (κ3) is 4.77. The van der Waals surface area contributed by atoms with Crippen LogP contribution in [0.2, 0.25) is 0 Å². The first-order valence-electron chi connectivity index (χ1n) is 5.84. The van der Waals surface area contributed by atoms with E-state index in [0.717, 1.165) is 26.1 Å². The first-order chi connectivity index (χ1) is 8.47. The average molecular weight is 282 g/mol. The number of hydrogen-bond donors (Lipinski definition) is 1. The van der Waals surface area contributed by atoms with Crippen LogP contribution in [0.5, 0.6) is 0 Å². The summed E-state index contributed by atoms with van der Waals surface area (Å²) in [5.41, 5.74) is 0. The molecule has 0 aliphatic rings. The van der Waals surface area contributed by atoms with Crippen LogP contribution >= 0.6 is 11.3 Å². The highest BCUT2D eigenvalue weighted by Gasteiger charge is 2.35. The molecule has 4 nitrogen and oxygen atoms in total. The molecule has 0 aliphatic heterocycles. The Kier molecular flexibility index (Phi) is 5.80. The zero-order valence-electron chi connectivity index (χ0n) is 10.4. The van der Waals surface area contributed by atoms with Crippen molar-refractivity contribution in [1.29, 1.82) is 0 Å². The van der Waals surface area contributed by atoms with Crippen molar-refractivity contribution in [2.75, 3.05) is 31.5 Å². The molecule has 1 heterocycles. The topological polar surface area (TPSA) is 41.0 Å². The van der Waals surface area contributed by atoms with Crippen molar-refractivity contribution in [3.63, 3.8) is 0 Å². The zero-order valence-corrected chi connectivity index (χ0v) is 11.2. The van der Waals surface area contributed by atoms with Gasteiger partial charge in [0.05, 0.1) is 0 Å². The molecule has 1 aromatic heterocycles. The van der Waals surface area contributed by atoms with Gasteiger partial charge in [-0.3, -0.25) is 0 Å². The summed E-state index contributed by atoms with van der Waals surface area (Å²) in [5.74, 6) is 0. The number of hydrogen-bond acceptors (Lipinski definition) is 5. The second-order valence-electron chi connectivity index (χ2n) is 3.72. The second-order valence-corrected chi connectivity index (χ2v) is 4.69. The Hall–Kier alpha value is -0.890. The van der Waals surface area contributed by atoms with Gasteiger partial charge in [0.2, 0.25) is 10.1 Å². The molecule has 0 radical (unpaired) electrons. The molecule has 0 fully saturated rings. The van der Waals surface area contributed by atoms with E-state index in [-0.39, 0.29) is 5.13 Å². The molecule has 0 aromatic carbocycles. The summed E-state index contributed by atoms with van der Waals surface area (Å²) in [6.07, 6.45) is -3.54. The largest absolute Gasteiger partial charge is 0.445 e. The van der Waals surface area contributed by atoms with Crippen LogP contribution in [0.1, 0.15) is 25.3 Å². The SMILES string of the molecule is CCN(CC)CCCNc1nnc(C(F)(F)F)s1. The van der Waals surface area contributed by atoms with Crippen molar-refractivity contribution < 1.29 is 13.2 Å². The lowest BCUT2D eigenvalue weighted by Crippen LogP contribution is -2.25. The van der Waals surface area contributed by atoms with Gasteiger partial charge in [0.25, 0.3) is 0 Å². The monoisotopic (exact) mass is 282 g/mol. The van der Waals surface area contributed by atoms with Gasteiger partial charge in [0, 0.05) is 6.54 Å². The lowest BCUT2D eigenvalue weighted by atomic mass is 10.3. The number of anilines is 1. The van der Waals surface area contributed by atoms with Crippen molar-refractivity contribution in [2.45, 2.75) is 26.4 Å². The summed E-state index contributed by atoms with van der Waals surface area (Å²) in [4.78, 5) is 2.25. The average Bonchev–Trinajstić information content (AvgIpc) is 2.78. The Morgan fingerprint density at radius 2 is 1.89 bits per heavy atom. The van der Waals surface area contributed by atoms with Crippen LogP contribution in [0.25, 0.3) is 0 Å². The molecule has 0 saturated carbocycles. The van der Waals surface area contributed by atoms with E-state index in [4.69, 9.17) is 0 Å². The van der Waals surface area contributed by atoms with Crippen molar-refractivity contribution in [1.82, 2.24) is 15.1 Å². The Bertz CT molecular complexity index is 349. The van der Waals surface area contributed by atoms with Gasteiger partial charge in [-0.15, -0.1) is 10.2 Å². The maximum Gasteiger partial charge on any atom is 0.445 e. The van der Waals surface area contributed by atoms with Crippen LogP contribution in [0.4, 0.5) is 18.3 Å². The van der Waals surface area contributed by atoms with Crippen molar-refractivity contribution in [3.05, 3.63) is 5.01 Å². The fourth-order valence-corrected chi connectivity index (χ4v) is 2.08. The van der Waals surface area contributed by atoms with Crippen LogP contribution in [0.15, 0.2) is 0 Å². The molecular formula is C10H17F3N4S. The Morgan fingerprint density at radius 3 is 2.39 bits per heavy atom. The first-order valence-corrected chi connectivity index (χ1v) is 6.66. The van der Waals surface area contributed by atoms with Gasteiger partial charge in [-0.05, 0) is 26.1 Å². The number of alkyl halides is 3. The number of halogens is 3. The van der Waals surface area contributed by atoms with E-state index < -0.39 is 11.2 Å². The molecule has 0 bridgehead atoms. The Labute approximate surface area is 108 Å². The summed E-state index contributed by atoms with van der Waals surface area (Å²) >= 11 is 0.538. The fourth-order valence-electron chi connectivity index (χ4n) is 1.45. The molecule has 0 amide bonds. The summed E-state index contributed by atoms with van der Waals surface area (Å²) in [7, 11) is 0. The van der Waals surface area contributed by atoms with Crippen LogP contribution in [-0.4, -0.2) is 41.3 Å². The minimum Gasteiger partial charge on any atom is -0.360 e. The first kappa shape index (κ1) is 15.2. The molecular weight excluding hydrogens is 265 g/mol. The van der Waals surface area contributed by atoms with Crippen LogP contribution < -0.4 is 5.32 Å². The molecule has 0 saturated heterocycles. The number of nitrogens with zero attached hydrogens (tertiary/aromatic N) is 3. The summed E-state index contributed by atoms with van der Waals surface area (Å²) in [5, 5.41) is 8.74. The molecule has 18 heavy (non-hydrogen) atoms. The molecule has 0 spiro atoms. The minimum atomic E-state index is -4.40. The predicted molar refractivity (Wildman–Crippen MR) is 65.8 cm³/mol. The predicted octanol–water partition coefficient (Wildman–Crippen LogP) is 2.70. The summed E-state index contributed by atoms with van der Waals surface area (Å²) in [6.45, 7) is 7.64. The molecule has 1 rings (SSSR count). The minimum absolute atomic E-state index is 0.224. The van der Waals surface area contributed by atoms with Gasteiger partial charge in [0.15, 0.2) is 0 Å². The van der Waals surface area contributed by atoms with Crippen molar-refractivity contribution in [2.24, 2.45) is 0 Å². The summed E-state index contributed by atoms with van der Waals surface area (Å²) < 4.78 is 36.8. The normalized spacial score (nSPS) is 12.1. The summed E-state index contributed by atoms with van der Waals surface area (Å²) in [6, 6.07) is 0. The highest BCUT2D eigenvalue weighted by molar-refractivity contribution is 7.15. The maximum absolute atomic E-state index is 12.3. The van der Waals surface area contributed by atoms with E-state index in [0.29, 0.717) is 17.9 Å².